The zero-order valence-electron chi connectivity index (χ0n) is 28.5. The Kier molecular flexibility index (Phi) is 11.6. The van der Waals surface area contributed by atoms with Gasteiger partial charge in [-0.1, -0.05) is 0 Å². The van der Waals surface area contributed by atoms with Crippen LogP contribution in [0.2, 0.25) is 0 Å². The number of aryl methyl sites for hydroxylation is 1. The smallest absolute Gasteiger partial charge is 0.269 e. The van der Waals surface area contributed by atoms with Crippen LogP contribution in [0, 0.1) is 10.1 Å². The first-order valence-electron chi connectivity index (χ1n) is 16.3. The Morgan fingerprint density at radius 2 is 1.44 bits per heavy atom. The van der Waals surface area contributed by atoms with E-state index in [9.17, 15) is 10.1 Å². The summed E-state index contributed by atoms with van der Waals surface area (Å²) in [6.45, 7) is 10.8. The van der Waals surface area contributed by atoms with Crippen molar-refractivity contribution in [3.8, 4) is 17.2 Å². The predicted octanol–water partition coefficient (Wildman–Crippen LogP) is 8.74. The SMILES string of the molecule is COc1cc(N=Nc2cc3c4c(c2OCC(COC(C)C)OC(C)C)CCCN4CCC3)c(OC)cc1N=Nc1ccc([N+](=O)[O-])cc1. The molecular weight excluding hydrogens is 616 g/mol. The van der Waals surface area contributed by atoms with E-state index in [4.69, 9.17) is 28.8 Å². The molecule has 2 aliphatic heterocycles. The number of rotatable bonds is 15. The number of methoxy groups -OCH3 is 2. The number of nitrogens with zero attached hydrogens (tertiary/aromatic N) is 6. The molecule has 13 nitrogen and oxygen atoms in total. The zero-order valence-corrected chi connectivity index (χ0v) is 28.5. The van der Waals surface area contributed by atoms with E-state index in [0.29, 0.717) is 53.2 Å². The number of non-ortho nitro benzene ring substituents is 1. The van der Waals surface area contributed by atoms with Gasteiger partial charge in [0, 0.05) is 48.6 Å². The minimum Gasteiger partial charge on any atom is -0.494 e. The maximum Gasteiger partial charge on any atom is 0.269 e. The topological polar surface area (TPSA) is 142 Å². The molecule has 2 aliphatic rings. The van der Waals surface area contributed by atoms with Crippen molar-refractivity contribution in [1.29, 1.82) is 0 Å². The highest BCUT2D eigenvalue weighted by Gasteiger charge is 2.29. The fourth-order valence-electron chi connectivity index (χ4n) is 5.92. The largest absolute Gasteiger partial charge is 0.494 e. The summed E-state index contributed by atoms with van der Waals surface area (Å²) >= 11 is 0. The molecule has 0 N–H and O–H groups in total. The Hall–Kier alpha value is -4.62. The third-order valence-corrected chi connectivity index (χ3v) is 8.03. The average molecular weight is 661 g/mol. The lowest BCUT2D eigenvalue weighted by molar-refractivity contribution is -0.384. The molecule has 0 saturated heterocycles. The van der Waals surface area contributed by atoms with Gasteiger partial charge < -0.3 is 28.6 Å². The lowest BCUT2D eigenvalue weighted by atomic mass is 9.90. The molecule has 0 fully saturated rings. The molecule has 1 unspecified atom stereocenters. The molecule has 48 heavy (non-hydrogen) atoms. The highest BCUT2D eigenvalue weighted by Crippen LogP contribution is 2.47. The van der Waals surface area contributed by atoms with Crippen LogP contribution in [0.5, 0.6) is 17.2 Å². The number of hydrogen-bond acceptors (Lipinski definition) is 12. The van der Waals surface area contributed by atoms with Gasteiger partial charge in [0.15, 0.2) is 5.75 Å². The Morgan fingerprint density at radius 3 is 2.04 bits per heavy atom. The Balaban J connectivity index is 1.47. The molecule has 0 radical (unpaired) electrons. The standard InChI is InChI=1S/C35H44N6O7/c1-22(2)46-20-27(48-23(3)4)21-47-35-28-10-8-16-40-15-7-9-24(34(28)40)17-31(35)39-38-30-19-32(44-5)29(18-33(30)45-6)37-36-25-11-13-26(14-12-25)41(42)43/h11-14,17-19,22-23,27H,7-10,15-16,20-21H2,1-6H3. The van der Waals surface area contributed by atoms with Crippen molar-refractivity contribution >= 4 is 34.1 Å². The van der Waals surface area contributed by atoms with E-state index in [0.717, 1.165) is 44.3 Å². The molecule has 13 heteroatoms. The molecule has 0 saturated carbocycles. The number of azo groups is 2. The van der Waals surface area contributed by atoms with Gasteiger partial charge in [-0.25, -0.2) is 0 Å². The molecule has 0 amide bonds. The predicted molar refractivity (Wildman–Crippen MR) is 183 cm³/mol. The van der Waals surface area contributed by atoms with E-state index in [2.05, 4.69) is 26.3 Å². The van der Waals surface area contributed by atoms with Crippen molar-refractivity contribution in [2.24, 2.45) is 20.5 Å². The second kappa shape index (κ2) is 16.0. The maximum atomic E-state index is 11.0. The normalized spacial score (nSPS) is 15.0. The summed E-state index contributed by atoms with van der Waals surface area (Å²) in [5, 5.41) is 28.9. The van der Waals surface area contributed by atoms with Crippen LogP contribution in [0.1, 0.15) is 51.7 Å². The van der Waals surface area contributed by atoms with Gasteiger partial charge in [0.05, 0.1) is 43.6 Å². The molecule has 0 aromatic heterocycles. The quantitative estimate of drug-likeness (QED) is 0.0895. The number of benzene rings is 3. The number of nitro benzene ring substituents is 1. The van der Waals surface area contributed by atoms with Crippen molar-refractivity contribution in [2.45, 2.75) is 71.7 Å². The second-order valence-electron chi connectivity index (χ2n) is 12.3. The minimum atomic E-state index is -0.466. The summed E-state index contributed by atoms with van der Waals surface area (Å²) < 4.78 is 29.9. The highest BCUT2D eigenvalue weighted by atomic mass is 16.6. The van der Waals surface area contributed by atoms with E-state index in [1.807, 2.05) is 27.7 Å². The van der Waals surface area contributed by atoms with Crippen molar-refractivity contribution in [3.05, 3.63) is 63.7 Å². The van der Waals surface area contributed by atoms with Crippen LogP contribution in [-0.2, 0) is 22.3 Å². The molecule has 256 valence electrons. The Bertz CT molecular complexity index is 1640. The van der Waals surface area contributed by atoms with Gasteiger partial charge in [0.25, 0.3) is 5.69 Å². The minimum absolute atomic E-state index is 0.0185. The van der Waals surface area contributed by atoms with Crippen LogP contribution in [0.4, 0.5) is 34.1 Å². The van der Waals surface area contributed by atoms with Crippen molar-refractivity contribution in [2.75, 3.05) is 45.4 Å². The van der Waals surface area contributed by atoms with Crippen molar-refractivity contribution in [1.82, 2.24) is 0 Å². The second-order valence-corrected chi connectivity index (χ2v) is 12.3. The first kappa shape index (κ1) is 34.7. The number of anilines is 1. The summed E-state index contributed by atoms with van der Waals surface area (Å²) in [5.41, 5.74) is 5.58. The van der Waals surface area contributed by atoms with Gasteiger partial charge in [-0.2, -0.15) is 5.11 Å². The van der Waals surface area contributed by atoms with Gasteiger partial charge in [0.1, 0.15) is 41.3 Å². The molecule has 3 aromatic rings. The first-order valence-corrected chi connectivity index (χ1v) is 16.3. The van der Waals surface area contributed by atoms with Gasteiger partial charge in [-0.05, 0) is 77.1 Å². The fourth-order valence-corrected chi connectivity index (χ4v) is 5.92. The van der Waals surface area contributed by atoms with Crippen LogP contribution >= 0.6 is 0 Å². The van der Waals surface area contributed by atoms with E-state index in [-0.39, 0.29) is 24.0 Å². The van der Waals surface area contributed by atoms with Gasteiger partial charge in [0.2, 0.25) is 0 Å². The van der Waals surface area contributed by atoms with Crippen LogP contribution < -0.4 is 19.1 Å². The summed E-state index contributed by atoms with van der Waals surface area (Å²) in [5.74, 6) is 1.54. The zero-order chi connectivity index (χ0) is 34.2. The Labute approximate surface area is 281 Å². The van der Waals surface area contributed by atoms with E-state index >= 15 is 0 Å². The van der Waals surface area contributed by atoms with Crippen LogP contribution in [0.3, 0.4) is 0 Å². The van der Waals surface area contributed by atoms with Crippen molar-refractivity contribution in [3.63, 3.8) is 0 Å². The van der Waals surface area contributed by atoms with Crippen LogP contribution in [0.15, 0.2) is 62.9 Å². The Morgan fingerprint density at radius 1 is 0.812 bits per heavy atom. The lowest BCUT2D eigenvalue weighted by Crippen LogP contribution is -2.35. The molecule has 1 atom stereocenters. The highest BCUT2D eigenvalue weighted by molar-refractivity contribution is 5.75. The van der Waals surface area contributed by atoms with Crippen LogP contribution in [0.25, 0.3) is 0 Å². The molecule has 0 bridgehead atoms. The first-order chi connectivity index (χ1) is 23.2. The van der Waals surface area contributed by atoms with E-state index < -0.39 is 4.92 Å². The summed E-state index contributed by atoms with van der Waals surface area (Å²) in [6, 6.07) is 11.2. The maximum absolute atomic E-state index is 11.0. The third kappa shape index (κ3) is 8.45. The molecule has 3 aromatic carbocycles. The summed E-state index contributed by atoms with van der Waals surface area (Å²) in [7, 11) is 3.07. The van der Waals surface area contributed by atoms with E-state index in [1.54, 1.807) is 12.1 Å². The molecule has 5 rings (SSSR count). The molecule has 2 heterocycles. The average Bonchev–Trinajstić information content (AvgIpc) is 3.08. The number of hydrogen-bond donors (Lipinski definition) is 0. The fraction of sp³-hybridized carbons (Fsp3) is 0.486. The summed E-state index contributed by atoms with van der Waals surface area (Å²) in [4.78, 5) is 13.0. The van der Waals surface area contributed by atoms with Crippen molar-refractivity contribution < 1.29 is 28.6 Å². The monoisotopic (exact) mass is 660 g/mol. The number of ether oxygens (including phenoxy) is 5. The molecular formula is C35H44N6O7. The summed E-state index contributed by atoms with van der Waals surface area (Å²) in [6.07, 6.45) is 3.82. The van der Waals surface area contributed by atoms with Gasteiger partial charge in [-0.15, -0.1) is 15.3 Å². The third-order valence-electron chi connectivity index (χ3n) is 8.03. The lowest BCUT2D eigenvalue weighted by Gasteiger charge is -2.38. The number of nitro groups is 1. The van der Waals surface area contributed by atoms with Gasteiger partial charge in [-0.3, -0.25) is 10.1 Å². The van der Waals surface area contributed by atoms with Crippen LogP contribution in [-0.4, -0.2) is 63.8 Å². The molecule has 0 aliphatic carbocycles. The molecule has 0 spiro atoms. The van der Waals surface area contributed by atoms with E-state index in [1.165, 1.54) is 49.7 Å². The van der Waals surface area contributed by atoms with Gasteiger partial charge >= 0.3 is 0 Å².